The van der Waals surface area contributed by atoms with E-state index >= 15 is 0 Å². The third-order valence-electron chi connectivity index (χ3n) is 3.49. The molecule has 1 N–H and O–H groups in total. The molecule has 0 radical (unpaired) electrons. The largest absolute Gasteiger partial charge is 0.385 e. The van der Waals surface area contributed by atoms with Gasteiger partial charge in [0.25, 0.3) is 0 Å². The minimum Gasteiger partial charge on any atom is -0.385 e. The van der Waals surface area contributed by atoms with Crippen LogP contribution in [0.1, 0.15) is 30.4 Å². The van der Waals surface area contributed by atoms with Gasteiger partial charge in [-0.3, -0.25) is 0 Å². The molecule has 1 aliphatic carbocycles. The lowest BCUT2D eigenvalue weighted by Crippen LogP contribution is -2.17. The number of aryl methyl sites for hydroxylation is 1. The van der Waals surface area contributed by atoms with Gasteiger partial charge in [0.1, 0.15) is 0 Å². The first-order valence-corrected chi connectivity index (χ1v) is 6.77. The van der Waals surface area contributed by atoms with Crippen LogP contribution in [-0.4, -0.2) is 32.1 Å². The maximum atomic E-state index is 3.60. The predicted molar refractivity (Wildman–Crippen MR) is 74.7 cm³/mol. The molecule has 0 bridgehead atoms. The Morgan fingerprint density at radius 3 is 2.82 bits per heavy atom. The van der Waals surface area contributed by atoms with Gasteiger partial charge in [0.15, 0.2) is 0 Å². The number of hydrogen-bond acceptors (Lipinski definition) is 2. The minimum atomic E-state index is 1.08. The van der Waals surface area contributed by atoms with Gasteiger partial charge in [-0.05, 0) is 69.9 Å². The van der Waals surface area contributed by atoms with Gasteiger partial charge in [0.2, 0.25) is 0 Å². The van der Waals surface area contributed by atoms with E-state index < -0.39 is 0 Å². The van der Waals surface area contributed by atoms with E-state index in [0.29, 0.717) is 0 Å². The second-order valence-electron chi connectivity index (χ2n) is 5.23. The van der Waals surface area contributed by atoms with Gasteiger partial charge in [0.05, 0.1) is 0 Å². The quantitative estimate of drug-likeness (QED) is 0.785. The Hall–Kier alpha value is -1.02. The molecule has 94 valence electrons. The molecule has 0 aromatic heterocycles. The molecular weight excluding hydrogens is 208 g/mol. The normalized spacial score (nSPS) is 14.8. The number of nitrogens with zero attached hydrogens (tertiary/aromatic N) is 1. The van der Waals surface area contributed by atoms with E-state index in [1.807, 2.05) is 0 Å². The van der Waals surface area contributed by atoms with Crippen LogP contribution in [0.2, 0.25) is 0 Å². The summed E-state index contributed by atoms with van der Waals surface area (Å²) in [6.07, 6.45) is 6.44. The van der Waals surface area contributed by atoms with E-state index in [4.69, 9.17) is 0 Å². The van der Waals surface area contributed by atoms with Gasteiger partial charge in [-0.15, -0.1) is 0 Å². The number of hydrogen-bond donors (Lipinski definition) is 1. The van der Waals surface area contributed by atoms with Crippen molar-refractivity contribution in [2.24, 2.45) is 0 Å². The van der Waals surface area contributed by atoms with E-state index in [0.717, 1.165) is 13.1 Å². The van der Waals surface area contributed by atoms with Gasteiger partial charge >= 0.3 is 0 Å². The molecule has 0 saturated heterocycles. The van der Waals surface area contributed by atoms with Crippen LogP contribution in [0.15, 0.2) is 18.2 Å². The third-order valence-corrected chi connectivity index (χ3v) is 3.49. The van der Waals surface area contributed by atoms with Crippen molar-refractivity contribution in [3.8, 4) is 0 Å². The summed E-state index contributed by atoms with van der Waals surface area (Å²) in [6, 6.07) is 6.72. The Balaban J connectivity index is 1.92. The third kappa shape index (κ3) is 3.47. The maximum absolute atomic E-state index is 3.60. The predicted octanol–water partition coefficient (Wildman–Crippen LogP) is 2.93. The molecule has 17 heavy (non-hydrogen) atoms. The summed E-state index contributed by atoms with van der Waals surface area (Å²) >= 11 is 0. The molecule has 1 aromatic rings. The molecule has 1 aromatic carbocycles. The molecule has 0 spiro atoms. The molecule has 0 aliphatic heterocycles. The summed E-state index contributed by atoms with van der Waals surface area (Å²) < 4.78 is 0. The van der Waals surface area contributed by atoms with Crippen LogP contribution in [0.5, 0.6) is 0 Å². The Bertz CT molecular complexity index is 358. The van der Waals surface area contributed by atoms with Crippen LogP contribution in [0.4, 0.5) is 5.69 Å². The average Bonchev–Trinajstić information content (AvgIpc) is 2.34. The topological polar surface area (TPSA) is 15.3 Å². The highest BCUT2D eigenvalue weighted by molar-refractivity contribution is 5.55. The Morgan fingerprint density at radius 2 is 2.00 bits per heavy atom. The first kappa shape index (κ1) is 12.4. The fourth-order valence-electron chi connectivity index (χ4n) is 2.57. The number of anilines is 1. The van der Waals surface area contributed by atoms with Crippen molar-refractivity contribution in [2.75, 3.05) is 32.5 Å². The van der Waals surface area contributed by atoms with Crippen molar-refractivity contribution in [2.45, 2.75) is 32.1 Å². The van der Waals surface area contributed by atoms with E-state index in [1.165, 1.54) is 37.8 Å². The Labute approximate surface area is 105 Å². The second kappa shape index (κ2) is 6.06. The lowest BCUT2D eigenvalue weighted by molar-refractivity contribution is 0.405. The van der Waals surface area contributed by atoms with Crippen molar-refractivity contribution in [1.82, 2.24) is 4.90 Å². The first-order valence-electron chi connectivity index (χ1n) is 6.77. The summed E-state index contributed by atoms with van der Waals surface area (Å²) in [4.78, 5) is 2.24. The fraction of sp³-hybridized carbons (Fsp3) is 0.600. The minimum absolute atomic E-state index is 1.08. The zero-order valence-electron chi connectivity index (χ0n) is 11.1. The molecule has 0 fully saturated rings. The van der Waals surface area contributed by atoms with Crippen LogP contribution in [0.3, 0.4) is 0 Å². The van der Waals surface area contributed by atoms with Gasteiger partial charge in [-0.2, -0.15) is 0 Å². The van der Waals surface area contributed by atoms with Crippen molar-refractivity contribution < 1.29 is 0 Å². The Kier molecular flexibility index (Phi) is 4.43. The molecule has 0 saturated carbocycles. The highest BCUT2D eigenvalue weighted by Crippen LogP contribution is 2.27. The van der Waals surface area contributed by atoms with Crippen molar-refractivity contribution in [3.05, 3.63) is 29.3 Å². The van der Waals surface area contributed by atoms with Crippen LogP contribution >= 0.6 is 0 Å². The standard InChI is InChI=1S/C15H24N2/c1-17(2)12-6-11-16-15-10-5-8-13-7-3-4-9-14(13)15/h5,8,10,16H,3-4,6-7,9,11-12H2,1-2H3. The fourth-order valence-corrected chi connectivity index (χ4v) is 2.57. The lowest BCUT2D eigenvalue weighted by atomic mass is 9.90. The zero-order chi connectivity index (χ0) is 12.1. The molecule has 0 unspecified atom stereocenters. The monoisotopic (exact) mass is 232 g/mol. The molecule has 2 nitrogen and oxygen atoms in total. The van der Waals surface area contributed by atoms with Gasteiger partial charge in [0, 0.05) is 12.2 Å². The summed E-state index contributed by atoms with van der Waals surface area (Å²) in [5.41, 5.74) is 4.51. The molecule has 2 rings (SSSR count). The van der Waals surface area contributed by atoms with E-state index in [1.54, 1.807) is 11.1 Å². The van der Waals surface area contributed by atoms with Crippen LogP contribution in [0.25, 0.3) is 0 Å². The first-order chi connectivity index (χ1) is 8.27. The number of fused-ring (bicyclic) bond motifs is 1. The van der Waals surface area contributed by atoms with Gasteiger partial charge in [-0.1, -0.05) is 12.1 Å². The highest BCUT2D eigenvalue weighted by Gasteiger charge is 2.12. The molecule has 0 amide bonds. The number of rotatable bonds is 5. The summed E-state index contributed by atoms with van der Waals surface area (Å²) in [7, 11) is 4.26. The number of benzene rings is 1. The van der Waals surface area contributed by atoms with Crippen LogP contribution in [0, 0.1) is 0 Å². The van der Waals surface area contributed by atoms with Gasteiger partial charge < -0.3 is 10.2 Å². The van der Waals surface area contributed by atoms with Crippen LogP contribution in [-0.2, 0) is 12.8 Å². The van der Waals surface area contributed by atoms with E-state index in [2.05, 4.69) is 42.5 Å². The van der Waals surface area contributed by atoms with Crippen molar-refractivity contribution in [1.29, 1.82) is 0 Å². The summed E-state index contributed by atoms with van der Waals surface area (Å²) in [5.74, 6) is 0. The average molecular weight is 232 g/mol. The number of nitrogens with one attached hydrogen (secondary N) is 1. The summed E-state index contributed by atoms with van der Waals surface area (Å²) in [6.45, 7) is 2.23. The zero-order valence-corrected chi connectivity index (χ0v) is 11.1. The smallest absolute Gasteiger partial charge is 0.0375 e. The maximum Gasteiger partial charge on any atom is 0.0375 e. The molecule has 2 heteroatoms. The SMILES string of the molecule is CN(C)CCCNc1cccc2c1CCCC2. The highest BCUT2D eigenvalue weighted by atomic mass is 15.1. The van der Waals surface area contributed by atoms with Crippen molar-refractivity contribution >= 4 is 5.69 Å². The second-order valence-corrected chi connectivity index (χ2v) is 5.23. The van der Waals surface area contributed by atoms with E-state index in [9.17, 15) is 0 Å². The molecule has 1 aliphatic rings. The molecular formula is C15H24N2. The van der Waals surface area contributed by atoms with E-state index in [-0.39, 0.29) is 0 Å². The Morgan fingerprint density at radius 1 is 1.18 bits per heavy atom. The molecule has 0 atom stereocenters. The summed E-state index contributed by atoms with van der Waals surface area (Å²) in [5, 5.41) is 3.60. The van der Waals surface area contributed by atoms with Crippen LogP contribution < -0.4 is 5.32 Å². The van der Waals surface area contributed by atoms with Crippen molar-refractivity contribution in [3.63, 3.8) is 0 Å². The van der Waals surface area contributed by atoms with Gasteiger partial charge in [-0.25, -0.2) is 0 Å². The molecule has 0 heterocycles. The lowest BCUT2D eigenvalue weighted by Gasteiger charge is -2.20.